The Kier molecular flexibility index (Phi) is 7.31. The molecule has 2 aromatic carbocycles. The molecule has 0 saturated carbocycles. The second-order valence-electron chi connectivity index (χ2n) is 7.60. The van der Waals surface area contributed by atoms with Gasteiger partial charge in [-0.2, -0.15) is 8.42 Å². The highest BCUT2D eigenvalue weighted by Crippen LogP contribution is 2.42. The first-order valence-electron chi connectivity index (χ1n) is 9.13. The van der Waals surface area contributed by atoms with Crippen molar-refractivity contribution >= 4 is 27.2 Å². The molecule has 0 atom stereocenters. The summed E-state index contributed by atoms with van der Waals surface area (Å²) in [4.78, 5) is 9.78. The fraction of sp³-hybridized carbons (Fsp3) is 0.368. The maximum atomic E-state index is 11.3. The standard InChI is InChI=1S/C19H23N3O8S/c1-19(2,3)14-9-12(30-8-4-7-23)10-16(18(14)24)21-20-15-6-5-13(31(27,28)29)11-17(15)22(25)26/h5-6,9-11,23-24H,4,7-8H2,1-3H3,(H,27,28,29). The zero-order chi connectivity index (χ0) is 23.4. The lowest BCUT2D eigenvalue weighted by Gasteiger charge is -2.22. The van der Waals surface area contributed by atoms with Crippen molar-refractivity contribution in [2.75, 3.05) is 13.2 Å². The first-order valence-corrected chi connectivity index (χ1v) is 10.6. The molecule has 168 valence electrons. The Morgan fingerprint density at radius 2 is 1.77 bits per heavy atom. The van der Waals surface area contributed by atoms with E-state index in [1.807, 2.05) is 20.8 Å². The fourth-order valence-electron chi connectivity index (χ4n) is 2.58. The topological polar surface area (TPSA) is 172 Å². The average molecular weight is 453 g/mol. The molecule has 2 rings (SSSR count). The number of hydrogen-bond donors (Lipinski definition) is 3. The number of aromatic hydroxyl groups is 1. The number of rotatable bonds is 8. The number of azo groups is 1. The molecule has 0 aliphatic rings. The summed E-state index contributed by atoms with van der Waals surface area (Å²) in [6.45, 7) is 5.75. The van der Waals surface area contributed by atoms with Crippen molar-refractivity contribution in [3.05, 3.63) is 46.0 Å². The van der Waals surface area contributed by atoms with Gasteiger partial charge in [-0.1, -0.05) is 20.8 Å². The lowest BCUT2D eigenvalue weighted by atomic mass is 9.86. The van der Waals surface area contributed by atoms with Gasteiger partial charge in [0.15, 0.2) is 5.69 Å². The normalized spacial score (nSPS) is 12.3. The summed E-state index contributed by atoms with van der Waals surface area (Å²) in [5.41, 5.74) is -0.974. The van der Waals surface area contributed by atoms with Gasteiger partial charge in [-0.05, 0) is 23.6 Å². The molecule has 2 aromatic rings. The van der Waals surface area contributed by atoms with Gasteiger partial charge in [-0.25, -0.2) is 0 Å². The summed E-state index contributed by atoms with van der Waals surface area (Å²) >= 11 is 0. The lowest BCUT2D eigenvalue weighted by Crippen LogP contribution is -2.12. The molecule has 0 aliphatic carbocycles. The Balaban J connectivity index is 2.54. The number of ether oxygens (including phenoxy) is 1. The maximum absolute atomic E-state index is 11.3. The van der Waals surface area contributed by atoms with Crippen LogP contribution in [0.4, 0.5) is 17.1 Å². The van der Waals surface area contributed by atoms with E-state index in [1.165, 1.54) is 6.07 Å². The molecule has 0 fully saturated rings. The Morgan fingerprint density at radius 1 is 1.13 bits per heavy atom. The van der Waals surface area contributed by atoms with Crippen LogP contribution >= 0.6 is 0 Å². The number of aliphatic hydroxyl groups excluding tert-OH is 1. The minimum atomic E-state index is -4.64. The van der Waals surface area contributed by atoms with E-state index in [-0.39, 0.29) is 30.3 Å². The largest absolute Gasteiger partial charge is 0.505 e. The Labute approximate surface area is 178 Å². The van der Waals surface area contributed by atoms with Crippen molar-refractivity contribution in [1.29, 1.82) is 0 Å². The molecular formula is C19H23N3O8S. The van der Waals surface area contributed by atoms with E-state index in [9.17, 15) is 23.6 Å². The summed E-state index contributed by atoms with van der Waals surface area (Å²) < 4.78 is 37.1. The number of hydrogen-bond acceptors (Lipinski definition) is 9. The first kappa shape index (κ1) is 24.2. The third-order valence-electron chi connectivity index (χ3n) is 4.15. The monoisotopic (exact) mass is 453 g/mol. The minimum absolute atomic E-state index is 0.0143. The van der Waals surface area contributed by atoms with Gasteiger partial charge in [0, 0.05) is 30.7 Å². The molecule has 0 saturated heterocycles. The molecule has 0 amide bonds. The van der Waals surface area contributed by atoms with Crippen LogP contribution in [-0.4, -0.2) is 41.3 Å². The Hall–Kier alpha value is -3.09. The number of nitro benzene ring substituents is 1. The van der Waals surface area contributed by atoms with Crippen molar-refractivity contribution in [2.45, 2.75) is 37.5 Å². The number of phenolic OH excluding ortho intramolecular Hbond substituents is 1. The van der Waals surface area contributed by atoms with Crippen LogP contribution in [0.5, 0.6) is 11.5 Å². The van der Waals surface area contributed by atoms with Crippen LogP contribution in [0, 0.1) is 10.1 Å². The third-order valence-corrected chi connectivity index (χ3v) is 5.00. The van der Waals surface area contributed by atoms with Crippen molar-refractivity contribution < 1.29 is 32.8 Å². The fourth-order valence-corrected chi connectivity index (χ4v) is 3.08. The zero-order valence-electron chi connectivity index (χ0n) is 17.1. The Bertz CT molecular complexity index is 1110. The van der Waals surface area contributed by atoms with Crippen molar-refractivity contribution in [3.63, 3.8) is 0 Å². The summed E-state index contributed by atoms with van der Waals surface area (Å²) in [5, 5.41) is 38.5. The highest BCUT2D eigenvalue weighted by atomic mass is 32.2. The highest BCUT2D eigenvalue weighted by molar-refractivity contribution is 7.85. The van der Waals surface area contributed by atoms with Gasteiger partial charge in [-0.15, -0.1) is 10.2 Å². The molecule has 0 unspecified atom stereocenters. The number of nitro groups is 1. The van der Waals surface area contributed by atoms with Crippen LogP contribution in [-0.2, 0) is 15.5 Å². The molecule has 0 aliphatic heterocycles. The second kappa shape index (κ2) is 9.37. The number of aliphatic hydroxyl groups is 1. The van der Waals surface area contributed by atoms with E-state index in [0.717, 1.165) is 12.1 Å². The van der Waals surface area contributed by atoms with Gasteiger partial charge >= 0.3 is 0 Å². The SMILES string of the molecule is CC(C)(C)c1cc(OCCCO)cc(N=Nc2ccc(S(=O)(=O)O)cc2[N+](=O)[O-])c1O. The van der Waals surface area contributed by atoms with Gasteiger partial charge in [0.25, 0.3) is 15.8 Å². The zero-order valence-corrected chi connectivity index (χ0v) is 18.0. The number of nitrogens with zero attached hydrogens (tertiary/aromatic N) is 3. The number of phenols is 1. The third kappa shape index (κ3) is 6.20. The van der Waals surface area contributed by atoms with Crippen molar-refractivity contribution in [2.24, 2.45) is 10.2 Å². The Morgan fingerprint density at radius 3 is 2.32 bits per heavy atom. The summed E-state index contributed by atoms with van der Waals surface area (Å²) in [7, 11) is -4.64. The molecule has 12 heteroatoms. The molecule has 31 heavy (non-hydrogen) atoms. The predicted molar refractivity (Wildman–Crippen MR) is 111 cm³/mol. The van der Waals surface area contributed by atoms with Crippen LogP contribution in [0.25, 0.3) is 0 Å². The van der Waals surface area contributed by atoms with Gasteiger partial charge < -0.3 is 14.9 Å². The maximum Gasteiger partial charge on any atom is 0.298 e. The van der Waals surface area contributed by atoms with Crippen molar-refractivity contribution in [3.8, 4) is 11.5 Å². The van der Waals surface area contributed by atoms with Gasteiger partial charge in [0.1, 0.15) is 22.1 Å². The van der Waals surface area contributed by atoms with E-state index in [1.54, 1.807) is 6.07 Å². The summed E-state index contributed by atoms with van der Waals surface area (Å²) in [6, 6.07) is 5.66. The summed E-state index contributed by atoms with van der Waals surface area (Å²) in [5.74, 6) is 0.171. The molecule has 0 heterocycles. The van der Waals surface area contributed by atoms with E-state index < -0.39 is 31.0 Å². The predicted octanol–water partition coefficient (Wildman–Crippen LogP) is 4.02. The molecule has 0 radical (unpaired) electrons. The van der Waals surface area contributed by atoms with Crippen LogP contribution in [0.15, 0.2) is 45.5 Å². The van der Waals surface area contributed by atoms with E-state index in [4.69, 9.17) is 14.4 Å². The highest BCUT2D eigenvalue weighted by Gasteiger charge is 2.23. The van der Waals surface area contributed by atoms with Crippen LogP contribution < -0.4 is 4.74 Å². The van der Waals surface area contributed by atoms with Gasteiger partial charge in [0.05, 0.1) is 11.5 Å². The smallest absolute Gasteiger partial charge is 0.298 e. The number of benzene rings is 2. The van der Waals surface area contributed by atoms with Gasteiger partial charge in [-0.3, -0.25) is 14.7 Å². The molecule has 0 spiro atoms. The molecular weight excluding hydrogens is 430 g/mol. The van der Waals surface area contributed by atoms with E-state index in [0.29, 0.717) is 23.8 Å². The second-order valence-corrected chi connectivity index (χ2v) is 9.02. The van der Waals surface area contributed by atoms with Gasteiger partial charge in [0.2, 0.25) is 0 Å². The molecule has 11 nitrogen and oxygen atoms in total. The molecule has 0 aromatic heterocycles. The van der Waals surface area contributed by atoms with Crippen molar-refractivity contribution in [1.82, 2.24) is 0 Å². The quantitative estimate of drug-likeness (QED) is 0.177. The summed E-state index contributed by atoms with van der Waals surface area (Å²) in [6.07, 6.45) is 0.398. The lowest BCUT2D eigenvalue weighted by molar-refractivity contribution is -0.384. The van der Waals surface area contributed by atoms with E-state index >= 15 is 0 Å². The average Bonchev–Trinajstić information content (AvgIpc) is 2.66. The van der Waals surface area contributed by atoms with Crippen LogP contribution in [0.1, 0.15) is 32.8 Å². The first-order chi connectivity index (χ1) is 14.3. The van der Waals surface area contributed by atoms with E-state index in [2.05, 4.69) is 10.2 Å². The molecule has 3 N–H and O–H groups in total. The van der Waals surface area contributed by atoms with Crippen LogP contribution in [0.3, 0.4) is 0 Å². The minimum Gasteiger partial charge on any atom is -0.505 e. The molecule has 0 bridgehead atoms. The van der Waals surface area contributed by atoms with Crippen LogP contribution in [0.2, 0.25) is 0 Å².